The summed E-state index contributed by atoms with van der Waals surface area (Å²) in [6.07, 6.45) is 2.87. The Balaban J connectivity index is 1.77. The van der Waals surface area contributed by atoms with Crippen molar-refractivity contribution in [3.8, 4) is 0 Å². The summed E-state index contributed by atoms with van der Waals surface area (Å²) in [5.41, 5.74) is 7.63. The Bertz CT molecular complexity index is 628. The number of nitrogens with zero attached hydrogens (tertiary/aromatic N) is 1. The van der Waals surface area contributed by atoms with Crippen molar-refractivity contribution in [2.75, 3.05) is 13.1 Å². The van der Waals surface area contributed by atoms with Gasteiger partial charge in [-0.3, -0.25) is 0 Å². The number of fused-ring (bicyclic) bond motifs is 1. The van der Waals surface area contributed by atoms with Crippen molar-refractivity contribution in [2.45, 2.75) is 38.3 Å². The lowest BCUT2D eigenvalue weighted by Crippen LogP contribution is -2.57. The minimum Gasteiger partial charge on any atom is -0.329 e. The van der Waals surface area contributed by atoms with Crippen LogP contribution in [0.5, 0.6) is 0 Å². The zero-order valence-corrected chi connectivity index (χ0v) is 13.2. The molecule has 1 aromatic rings. The summed E-state index contributed by atoms with van der Waals surface area (Å²) in [4.78, 5) is 0. The summed E-state index contributed by atoms with van der Waals surface area (Å²) < 4.78 is 29.7. The first kappa shape index (κ1) is 15.0. The van der Waals surface area contributed by atoms with Gasteiger partial charge in [0.2, 0.25) is 0 Å². The van der Waals surface area contributed by atoms with E-state index < -0.39 is 15.7 Å². The summed E-state index contributed by atoms with van der Waals surface area (Å²) >= 11 is 0. The van der Waals surface area contributed by atoms with Crippen LogP contribution in [0.25, 0.3) is 0 Å². The molecule has 2 aliphatic rings. The van der Waals surface area contributed by atoms with Crippen molar-refractivity contribution in [1.29, 1.82) is 0 Å². The first-order valence-corrected chi connectivity index (χ1v) is 8.94. The van der Waals surface area contributed by atoms with E-state index in [9.17, 15) is 8.42 Å². The number of hydrogen-bond acceptors (Lipinski definition) is 3. The van der Waals surface area contributed by atoms with E-state index in [1.807, 2.05) is 25.1 Å². The summed E-state index contributed by atoms with van der Waals surface area (Å²) in [5.74, 6) is 0.370. The van der Waals surface area contributed by atoms with Crippen molar-refractivity contribution in [2.24, 2.45) is 11.7 Å². The molecule has 116 valence electrons. The van der Waals surface area contributed by atoms with Gasteiger partial charge in [0, 0.05) is 25.2 Å². The standard InChI is InChI=1S/C15H23N3O2S/c1-15(11-16,14-6-7-14)17-21(19,20)18-9-8-12-4-2-3-5-13(12)10-18/h2-5,14,17H,6-11,16H2,1H3. The number of rotatable bonds is 5. The van der Waals surface area contributed by atoms with E-state index in [4.69, 9.17) is 5.73 Å². The van der Waals surface area contributed by atoms with E-state index in [1.165, 1.54) is 9.87 Å². The topological polar surface area (TPSA) is 75.4 Å². The second-order valence-corrected chi connectivity index (χ2v) is 8.03. The molecule has 0 bridgehead atoms. The molecule has 5 nitrogen and oxygen atoms in total. The van der Waals surface area contributed by atoms with Gasteiger partial charge in [0.25, 0.3) is 10.2 Å². The Hall–Kier alpha value is -0.950. The molecule has 0 spiro atoms. The lowest BCUT2D eigenvalue weighted by Gasteiger charge is -2.34. The summed E-state index contributed by atoms with van der Waals surface area (Å²) in [7, 11) is -3.50. The van der Waals surface area contributed by atoms with E-state index in [0.717, 1.165) is 24.8 Å². The van der Waals surface area contributed by atoms with E-state index in [2.05, 4.69) is 10.8 Å². The van der Waals surface area contributed by atoms with Crippen LogP contribution in [0.4, 0.5) is 0 Å². The molecular formula is C15H23N3O2S. The van der Waals surface area contributed by atoms with Crippen molar-refractivity contribution in [3.05, 3.63) is 35.4 Å². The minimum absolute atomic E-state index is 0.335. The van der Waals surface area contributed by atoms with Crippen molar-refractivity contribution < 1.29 is 8.42 Å². The van der Waals surface area contributed by atoms with Crippen molar-refractivity contribution in [1.82, 2.24) is 9.03 Å². The maximum atomic E-state index is 12.7. The highest BCUT2D eigenvalue weighted by atomic mass is 32.2. The first-order valence-electron chi connectivity index (χ1n) is 7.50. The molecule has 1 aliphatic carbocycles. The predicted octanol–water partition coefficient (Wildman–Crippen LogP) is 1.01. The molecule has 1 unspecified atom stereocenters. The van der Waals surface area contributed by atoms with Gasteiger partial charge in [-0.25, -0.2) is 0 Å². The van der Waals surface area contributed by atoms with Crippen LogP contribution in [0.15, 0.2) is 24.3 Å². The van der Waals surface area contributed by atoms with Crippen LogP contribution < -0.4 is 10.5 Å². The number of nitrogens with two attached hydrogens (primary N) is 1. The van der Waals surface area contributed by atoms with Gasteiger partial charge in [-0.2, -0.15) is 17.4 Å². The summed E-state index contributed by atoms with van der Waals surface area (Å²) in [6, 6.07) is 8.03. The molecule has 0 aromatic heterocycles. The number of hydrogen-bond donors (Lipinski definition) is 2. The van der Waals surface area contributed by atoms with Gasteiger partial charge >= 0.3 is 0 Å². The molecule has 0 saturated heterocycles. The summed E-state index contributed by atoms with van der Waals surface area (Å²) in [5, 5.41) is 0. The molecular weight excluding hydrogens is 286 g/mol. The fourth-order valence-electron chi connectivity index (χ4n) is 3.05. The van der Waals surface area contributed by atoms with Gasteiger partial charge in [0.15, 0.2) is 0 Å². The van der Waals surface area contributed by atoms with Crippen LogP contribution in [-0.2, 0) is 23.2 Å². The van der Waals surface area contributed by atoms with Crippen molar-refractivity contribution >= 4 is 10.2 Å². The van der Waals surface area contributed by atoms with Crippen LogP contribution >= 0.6 is 0 Å². The Morgan fingerprint density at radius 3 is 2.62 bits per heavy atom. The molecule has 1 aromatic carbocycles. The first-order chi connectivity index (χ1) is 9.94. The molecule has 21 heavy (non-hydrogen) atoms. The van der Waals surface area contributed by atoms with Crippen molar-refractivity contribution in [3.63, 3.8) is 0 Å². The van der Waals surface area contributed by atoms with E-state index in [-0.39, 0.29) is 0 Å². The second-order valence-electron chi connectivity index (χ2n) is 6.36. The molecule has 0 amide bonds. The number of benzene rings is 1. The van der Waals surface area contributed by atoms with Gasteiger partial charge < -0.3 is 5.73 Å². The second kappa shape index (κ2) is 5.35. The highest BCUT2D eigenvalue weighted by Gasteiger charge is 2.44. The van der Waals surface area contributed by atoms with E-state index in [1.54, 1.807) is 0 Å². The quantitative estimate of drug-likeness (QED) is 0.852. The third-order valence-corrected chi connectivity index (χ3v) is 6.42. The van der Waals surface area contributed by atoms with Gasteiger partial charge in [-0.05, 0) is 43.2 Å². The average molecular weight is 309 g/mol. The molecule has 1 atom stereocenters. The third kappa shape index (κ3) is 2.99. The maximum Gasteiger partial charge on any atom is 0.280 e. The zero-order chi connectivity index (χ0) is 15.1. The normalized spacial score (nSPS) is 22.6. The van der Waals surface area contributed by atoms with Crippen LogP contribution in [0.2, 0.25) is 0 Å². The highest BCUT2D eigenvalue weighted by molar-refractivity contribution is 7.87. The van der Waals surface area contributed by atoms with Gasteiger partial charge in [-0.15, -0.1) is 0 Å². The monoisotopic (exact) mass is 309 g/mol. The Morgan fingerprint density at radius 2 is 2.00 bits per heavy atom. The lowest BCUT2D eigenvalue weighted by molar-refractivity contribution is 0.334. The fourth-order valence-corrected chi connectivity index (χ4v) is 4.66. The van der Waals surface area contributed by atoms with Crippen LogP contribution in [0, 0.1) is 5.92 Å². The van der Waals surface area contributed by atoms with Gasteiger partial charge in [0.1, 0.15) is 0 Å². The SMILES string of the molecule is CC(CN)(NS(=O)(=O)N1CCc2ccccc2C1)C1CC1. The average Bonchev–Trinajstić information content (AvgIpc) is 3.31. The zero-order valence-electron chi connectivity index (χ0n) is 12.4. The molecule has 1 saturated carbocycles. The molecule has 0 radical (unpaired) electrons. The predicted molar refractivity (Wildman–Crippen MR) is 82.8 cm³/mol. The smallest absolute Gasteiger partial charge is 0.280 e. The van der Waals surface area contributed by atoms with E-state index >= 15 is 0 Å². The molecule has 1 aliphatic heterocycles. The van der Waals surface area contributed by atoms with Crippen LogP contribution in [0.1, 0.15) is 30.9 Å². The molecule has 6 heteroatoms. The largest absolute Gasteiger partial charge is 0.329 e. The van der Waals surface area contributed by atoms with Gasteiger partial charge in [-0.1, -0.05) is 24.3 Å². The molecule has 1 fully saturated rings. The van der Waals surface area contributed by atoms with Gasteiger partial charge in [0.05, 0.1) is 0 Å². The Labute approximate surface area is 126 Å². The lowest BCUT2D eigenvalue weighted by atomic mass is 9.98. The fraction of sp³-hybridized carbons (Fsp3) is 0.600. The Kier molecular flexibility index (Phi) is 3.81. The maximum absolute atomic E-state index is 12.7. The molecule has 1 heterocycles. The summed E-state index contributed by atoms with van der Waals surface area (Å²) in [6.45, 7) is 3.22. The third-order valence-electron chi connectivity index (χ3n) is 4.70. The molecule has 3 rings (SSSR count). The molecule has 3 N–H and O–H groups in total. The minimum atomic E-state index is -3.50. The van der Waals surface area contributed by atoms with E-state index in [0.29, 0.717) is 25.6 Å². The highest BCUT2D eigenvalue weighted by Crippen LogP contribution is 2.39. The Morgan fingerprint density at radius 1 is 1.33 bits per heavy atom. The number of nitrogens with one attached hydrogen (secondary N) is 1. The van der Waals surface area contributed by atoms with Crippen LogP contribution in [-0.4, -0.2) is 31.4 Å². The van der Waals surface area contributed by atoms with Crippen LogP contribution in [0.3, 0.4) is 0 Å².